The molecule has 0 aliphatic rings. The highest BCUT2D eigenvalue weighted by molar-refractivity contribution is 9.10. The Kier molecular flexibility index (Phi) is 2.84. The minimum absolute atomic E-state index is 0.728. The van der Waals surface area contributed by atoms with Crippen LogP contribution in [0.25, 0.3) is 5.52 Å². The van der Waals surface area contributed by atoms with Crippen molar-refractivity contribution in [3.63, 3.8) is 0 Å². The smallest absolute Gasteiger partial charge is 0.131 e. The van der Waals surface area contributed by atoms with E-state index >= 15 is 0 Å². The summed E-state index contributed by atoms with van der Waals surface area (Å²) in [5.74, 6) is 0. The Morgan fingerprint density at radius 2 is 2.29 bits per heavy atom. The zero-order valence-electron chi connectivity index (χ0n) is 7.78. The summed E-state index contributed by atoms with van der Waals surface area (Å²) in [4.78, 5) is 4.21. The second kappa shape index (κ2) is 4.11. The Bertz CT molecular complexity index is 436. The molecule has 0 amide bonds. The largest absolute Gasteiger partial charge is 0.330 e. The molecule has 0 aromatic carbocycles. The molecule has 0 aliphatic carbocycles. The van der Waals surface area contributed by atoms with Crippen LogP contribution in [-0.4, -0.2) is 15.9 Å². The SMILES string of the molecule is NCCCc1cccc2c(Br)ncn12. The average Bonchev–Trinajstić information content (AvgIpc) is 2.58. The number of aryl methyl sites for hydroxylation is 1. The molecule has 3 nitrogen and oxygen atoms in total. The van der Waals surface area contributed by atoms with Crippen LogP contribution in [0.1, 0.15) is 12.1 Å². The molecular weight excluding hydrogens is 242 g/mol. The van der Waals surface area contributed by atoms with Crippen molar-refractivity contribution in [3.05, 3.63) is 34.8 Å². The molecule has 0 aliphatic heterocycles. The highest BCUT2D eigenvalue weighted by Gasteiger charge is 2.03. The molecule has 0 saturated heterocycles. The second-order valence-electron chi connectivity index (χ2n) is 3.20. The number of aromatic nitrogens is 2. The Labute approximate surface area is 91.1 Å². The van der Waals surface area contributed by atoms with Crippen LogP contribution >= 0.6 is 15.9 Å². The molecule has 0 fully saturated rings. The number of halogens is 1. The van der Waals surface area contributed by atoms with Crippen LogP contribution in [0, 0.1) is 0 Å². The third-order valence-electron chi connectivity index (χ3n) is 2.25. The fourth-order valence-corrected chi connectivity index (χ4v) is 1.95. The molecule has 4 heteroatoms. The van der Waals surface area contributed by atoms with Gasteiger partial charge in [0.2, 0.25) is 0 Å². The fraction of sp³-hybridized carbons (Fsp3) is 0.300. The van der Waals surface area contributed by atoms with E-state index in [1.165, 1.54) is 5.69 Å². The van der Waals surface area contributed by atoms with E-state index < -0.39 is 0 Å². The first kappa shape index (κ1) is 9.68. The minimum atomic E-state index is 0.728. The van der Waals surface area contributed by atoms with E-state index in [-0.39, 0.29) is 0 Å². The third-order valence-corrected chi connectivity index (χ3v) is 2.86. The summed E-state index contributed by atoms with van der Waals surface area (Å²) >= 11 is 3.41. The number of hydrogen-bond acceptors (Lipinski definition) is 2. The average molecular weight is 254 g/mol. The second-order valence-corrected chi connectivity index (χ2v) is 3.95. The van der Waals surface area contributed by atoms with Gasteiger partial charge in [-0.1, -0.05) is 6.07 Å². The molecule has 0 saturated carbocycles. The number of nitrogens with zero attached hydrogens (tertiary/aromatic N) is 2. The number of pyridine rings is 1. The van der Waals surface area contributed by atoms with Gasteiger partial charge in [-0.15, -0.1) is 0 Å². The Morgan fingerprint density at radius 1 is 1.43 bits per heavy atom. The van der Waals surface area contributed by atoms with Crippen molar-refractivity contribution in [2.24, 2.45) is 5.73 Å². The lowest BCUT2D eigenvalue weighted by molar-refractivity contribution is 0.797. The van der Waals surface area contributed by atoms with Crippen LogP contribution in [0.3, 0.4) is 0 Å². The lowest BCUT2D eigenvalue weighted by Gasteiger charge is -2.03. The van der Waals surface area contributed by atoms with Gasteiger partial charge < -0.3 is 10.1 Å². The Hall–Kier alpha value is -0.870. The molecule has 14 heavy (non-hydrogen) atoms. The summed E-state index contributed by atoms with van der Waals surface area (Å²) < 4.78 is 2.99. The van der Waals surface area contributed by atoms with E-state index in [9.17, 15) is 0 Å². The lowest BCUT2D eigenvalue weighted by atomic mass is 10.2. The highest BCUT2D eigenvalue weighted by atomic mass is 79.9. The van der Waals surface area contributed by atoms with E-state index in [4.69, 9.17) is 5.73 Å². The summed E-state index contributed by atoms with van der Waals surface area (Å²) in [6, 6.07) is 6.20. The quantitative estimate of drug-likeness (QED) is 0.910. The topological polar surface area (TPSA) is 43.3 Å². The van der Waals surface area contributed by atoms with Gasteiger partial charge in [0, 0.05) is 5.69 Å². The summed E-state index contributed by atoms with van der Waals surface area (Å²) in [5.41, 5.74) is 7.86. The number of hydrogen-bond donors (Lipinski definition) is 1. The van der Waals surface area contributed by atoms with E-state index in [2.05, 4.69) is 31.4 Å². The van der Waals surface area contributed by atoms with E-state index in [1.54, 1.807) is 0 Å². The van der Waals surface area contributed by atoms with Crippen molar-refractivity contribution in [3.8, 4) is 0 Å². The van der Waals surface area contributed by atoms with Crippen molar-refractivity contribution in [1.82, 2.24) is 9.38 Å². The zero-order chi connectivity index (χ0) is 9.97. The van der Waals surface area contributed by atoms with Gasteiger partial charge in [-0.2, -0.15) is 0 Å². The van der Waals surface area contributed by atoms with Gasteiger partial charge in [-0.25, -0.2) is 4.98 Å². The van der Waals surface area contributed by atoms with Gasteiger partial charge in [0.15, 0.2) is 0 Å². The van der Waals surface area contributed by atoms with E-state index in [1.807, 2.05) is 18.5 Å². The fourth-order valence-electron chi connectivity index (χ4n) is 1.53. The number of rotatable bonds is 3. The van der Waals surface area contributed by atoms with Gasteiger partial charge in [0.25, 0.3) is 0 Å². The van der Waals surface area contributed by atoms with Crippen LogP contribution < -0.4 is 5.73 Å². The molecule has 0 atom stereocenters. The summed E-state index contributed by atoms with van der Waals surface area (Å²) in [5, 5.41) is 0. The molecule has 2 aromatic heterocycles. The Balaban J connectivity index is 2.44. The first-order valence-corrected chi connectivity index (χ1v) is 5.43. The zero-order valence-corrected chi connectivity index (χ0v) is 9.37. The summed E-state index contributed by atoms with van der Waals surface area (Å²) in [6.07, 6.45) is 3.84. The lowest BCUT2D eigenvalue weighted by Crippen LogP contribution is -2.03. The summed E-state index contributed by atoms with van der Waals surface area (Å²) in [6.45, 7) is 0.728. The molecule has 2 N–H and O–H groups in total. The highest BCUT2D eigenvalue weighted by Crippen LogP contribution is 2.17. The predicted molar refractivity (Wildman–Crippen MR) is 60.3 cm³/mol. The molecule has 0 spiro atoms. The van der Waals surface area contributed by atoms with Gasteiger partial charge in [0.05, 0.1) is 5.52 Å². The maximum Gasteiger partial charge on any atom is 0.131 e. The molecule has 2 rings (SSSR count). The van der Waals surface area contributed by atoms with Crippen LogP contribution in [0.4, 0.5) is 0 Å². The van der Waals surface area contributed by atoms with Crippen LogP contribution in [0.2, 0.25) is 0 Å². The van der Waals surface area contributed by atoms with Crippen LogP contribution in [0.5, 0.6) is 0 Å². The molecule has 0 unspecified atom stereocenters. The van der Waals surface area contributed by atoms with Crippen LogP contribution in [-0.2, 0) is 6.42 Å². The third kappa shape index (κ3) is 1.67. The van der Waals surface area contributed by atoms with Crippen LogP contribution in [0.15, 0.2) is 29.1 Å². The van der Waals surface area contributed by atoms with Crippen molar-refractivity contribution >= 4 is 21.4 Å². The number of nitrogens with two attached hydrogens (primary N) is 1. The first-order chi connectivity index (χ1) is 6.83. The van der Waals surface area contributed by atoms with Gasteiger partial charge >= 0.3 is 0 Å². The maximum absolute atomic E-state index is 5.49. The van der Waals surface area contributed by atoms with Crippen molar-refractivity contribution < 1.29 is 0 Å². The standard InChI is InChI=1S/C10H12BrN3/c11-10-9-5-1-3-8(4-2-6-12)14(9)7-13-10/h1,3,5,7H,2,4,6,12H2. The first-order valence-electron chi connectivity index (χ1n) is 4.63. The summed E-state index contributed by atoms with van der Waals surface area (Å²) in [7, 11) is 0. The molecule has 74 valence electrons. The predicted octanol–water partition coefficient (Wildman–Crippen LogP) is 1.99. The number of imidazole rings is 1. The van der Waals surface area contributed by atoms with Crippen molar-refractivity contribution in [2.75, 3.05) is 6.54 Å². The molecule has 0 bridgehead atoms. The van der Waals surface area contributed by atoms with Crippen molar-refractivity contribution in [1.29, 1.82) is 0 Å². The number of fused-ring (bicyclic) bond motifs is 1. The maximum atomic E-state index is 5.49. The molecule has 2 heterocycles. The normalized spacial score (nSPS) is 11.0. The van der Waals surface area contributed by atoms with Gasteiger partial charge in [-0.05, 0) is 47.4 Å². The van der Waals surface area contributed by atoms with E-state index in [0.29, 0.717) is 0 Å². The van der Waals surface area contributed by atoms with E-state index in [0.717, 1.165) is 29.5 Å². The van der Waals surface area contributed by atoms with Gasteiger partial charge in [-0.3, -0.25) is 0 Å². The van der Waals surface area contributed by atoms with Gasteiger partial charge in [0.1, 0.15) is 10.9 Å². The monoisotopic (exact) mass is 253 g/mol. The van der Waals surface area contributed by atoms with Crippen molar-refractivity contribution in [2.45, 2.75) is 12.8 Å². The Morgan fingerprint density at radius 3 is 3.07 bits per heavy atom. The molecular formula is C10H12BrN3. The molecule has 2 aromatic rings. The molecule has 0 radical (unpaired) electrons. The minimum Gasteiger partial charge on any atom is -0.330 e.